The standard InChI is InChI=1S/C54H36N2/c1-3-14-37(15-4-1)44-20-13-21-45(38-16-5-2-6-17-38)54(44)43-32-33-48-49(36-43)53(42-30-26-40(27-31-42)51-23-10-12-35-56-51)47-19-8-7-18-46(47)52(48)41-28-24-39(25-29-41)50-22-9-11-34-55-50/h1-36H. The Bertz CT molecular complexity index is 2900. The summed E-state index contributed by atoms with van der Waals surface area (Å²) in [6.07, 6.45) is 3.70. The van der Waals surface area contributed by atoms with E-state index in [-0.39, 0.29) is 0 Å². The minimum absolute atomic E-state index is 0.964. The quantitative estimate of drug-likeness (QED) is 0.154. The van der Waals surface area contributed by atoms with Crippen LogP contribution in [0.25, 0.3) is 99.7 Å². The molecule has 262 valence electrons. The summed E-state index contributed by atoms with van der Waals surface area (Å²) in [6.45, 7) is 0. The van der Waals surface area contributed by atoms with Gasteiger partial charge < -0.3 is 0 Å². The van der Waals surface area contributed by atoms with Crippen molar-refractivity contribution in [1.29, 1.82) is 0 Å². The van der Waals surface area contributed by atoms with Gasteiger partial charge in [0.1, 0.15) is 0 Å². The van der Waals surface area contributed by atoms with E-state index in [1.54, 1.807) is 0 Å². The molecule has 0 N–H and O–H groups in total. The van der Waals surface area contributed by atoms with Gasteiger partial charge in [0.15, 0.2) is 0 Å². The molecule has 10 aromatic rings. The molecule has 0 radical (unpaired) electrons. The number of fused-ring (bicyclic) bond motifs is 2. The van der Waals surface area contributed by atoms with Crippen molar-refractivity contribution in [2.45, 2.75) is 0 Å². The van der Waals surface area contributed by atoms with Crippen molar-refractivity contribution >= 4 is 21.5 Å². The van der Waals surface area contributed by atoms with Crippen molar-refractivity contribution in [3.63, 3.8) is 0 Å². The summed E-state index contributed by atoms with van der Waals surface area (Å²) in [5.74, 6) is 0. The van der Waals surface area contributed by atoms with Crippen LogP contribution in [0.1, 0.15) is 0 Å². The van der Waals surface area contributed by atoms with Gasteiger partial charge in [0.25, 0.3) is 0 Å². The van der Waals surface area contributed by atoms with Gasteiger partial charge in [-0.15, -0.1) is 0 Å². The van der Waals surface area contributed by atoms with Crippen LogP contribution in [0.3, 0.4) is 0 Å². The van der Waals surface area contributed by atoms with Crippen LogP contribution < -0.4 is 0 Å². The Labute approximate surface area is 327 Å². The fourth-order valence-corrected chi connectivity index (χ4v) is 8.22. The van der Waals surface area contributed by atoms with E-state index in [0.29, 0.717) is 0 Å². The molecular weight excluding hydrogens is 677 g/mol. The van der Waals surface area contributed by atoms with Crippen molar-refractivity contribution in [3.05, 3.63) is 219 Å². The molecule has 0 unspecified atom stereocenters. The minimum atomic E-state index is 0.964. The molecule has 0 aliphatic carbocycles. The molecule has 0 aliphatic heterocycles. The maximum Gasteiger partial charge on any atom is 0.0701 e. The Kier molecular flexibility index (Phi) is 8.55. The van der Waals surface area contributed by atoms with Gasteiger partial charge in [-0.3, -0.25) is 9.97 Å². The summed E-state index contributed by atoms with van der Waals surface area (Å²) < 4.78 is 0. The van der Waals surface area contributed by atoms with E-state index in [1.165, 1.54) is 77.2 Å². The third kappa shape index (κ3) is 6.04. The van der Waals surface area contributed by atoms with E-state index in [9.17, 15) is 0 Å². The molecule has 8 aromatic carbocycles. The fraction of sp³-hybridized carbons (Fsp3) is 0. The summed E-state index contributed by atoms with van der Waals surface area (Å²) in [7, 11) is 0. The predicted octanol–water partition coefficient (Wildman–Crippen LogP) is 14.5. The SMILES string of the molecule is c1ccc(-c2cccc(-c3ccccc3)c2-c2ccc3c(-c4ccc(-c5ccccn5)cc4)c4ccccc4c(-c4ccc(-c5ccccn5)cc4)c3c2)cc1. The lowest BCUT2D eigenvalue weighted by molar-refractivity contribution is 1.33. The lowest BCUT2D eigenvalue weighted by atomic mass is 9.82. The summed E-state index contributed by atoms with van der Waals surface area (Å²) >= 11 is 0. The number of aromatic nitrogens is 2. The topological polar surface area (TPSA) is 25.8 Å². The maximum absolute atomic E-state index is 4.63. The van der Waals surface area contributed by atoms with Gasteiger partial charge in [0.2, 0.25) is 0 Å². The number of pyridine rings is 2. The Morgan fingerprint density at radius 2 is 0.643 bits per heavy atom. The first-order valence-corrected chi connectivity index (χ1v) is 19.1. The zero-order chi connectivity index (χ0) is 37.3. The second kappa shape index (κ2) is 14.4. The molecule has 0 saturated heterocycles. The second-order valence-electron chi connectivity index (χ2n) is 14.1. The Morgan fingerprint density at radius 3 is 1.12 bits per heavy atom. The maximum atomic E-state index is 4.63. The highest BCUT2D eigenvalue weighted by Gasteiger charge is 2.20. The van der Waals surface area contributed by atoms with Crippen LogP contribution in [0, 0.1) is 0 Å². The van der Waals surface area contributed by atoms with Gasteiger partial charge in [-0.1, -0.05) is 176 Å². The fourth-order valence-electron chi connectivity index (χ4n) is 8.22. The third-order valence-corrected chi connectivity index (χ3v) is 10.8. The summed E-state index contributed by atoms with van der Waals surface area (Å²) in [5, 5.41) is 4.85. The van der Waals surface area contributed by atoms with Crippen molar-refractivity contribution in [1.82, 2.24) is 9.97 Å². The largest absolute Gasteiger partial charge is 0.256 e. The Balaban J connectivity index is 1.26. The average Bonchev–Trinajstić information content (AvgIpc) is 3.29. The monoisotopic (exact) mass is 712 g/mol. The first-order chi connectivity index (χ1) is 27.8. The molecule has 2 aromatic heterocycles. The molecule has 56 heavy (non-hydrogen) atoms. The smallest absolute Gasteiger partial charge is 0.0701 e. The van der Waals surface area contributed by atoms with Gasteiger partial charge in [0.05, 0.1) is 11.4 Å². The van der Waals surface area contributed by atoms with E-state index < -0.39 is 0 Å². The highest BCUT2D eigenvalue weighted by molar-refractivity contribution is 6.22. The zero-order valence-electron chi connectivity index (χ0n) is 30.7. The Morgan fingerprint density at radius 1 is 0.232 bits per heavy atom. The molecule has 0 amide bonds. The van der Waals surface area contributed by atoms with E-state index in [0.717, 1.165) is 22.5 Å². The molecule has 0 atom stereocenters. The Hall–Kier alpha value is -7.42. The molecule has 0 bridgehead atoms. The van der Waals surface area contributed by atoms with Crippen LogP contribution >= 0.6 is 0 Å². The molecule has 2 heteroatoms. The van der Waals surface area contributed by atoms with Crippen LogP contribution in [-0.4, -0.2) is 9.97 Å². The van der Waals surface area contributed by atoms with Gasteiger partial charge in [-0.2, -0.15) is 0 Å². The first-order valence-electron chi connectivity index (χ1n) is 19.1. The van der Waals surface area contributed by atoms with E-state index in [1.807, 2.05) is 36.7 Å². The molecule has 0 fully saturated rings. The van der Waals surface area contributed by atoms with Crippen LogP contribution in [0.15, 0.2) is 219 Å². The van der Waals surface area contributed by atoms with Crippen molar-refractivity contribution in [2.75, 3.05) is 0 Å². The molecule has 0 aliphatic rings. The molecule has 2 nitrogen and oxygen atoms in total. The summed E-state index contributed by atoms with van der Waals surface area (Å²) in [6, 6.07) is 74.1. The summed E-state index contributed by atoms with van der Waals surface area (Å²) in [4.78, 5) is 9.24. The normalized spacial score (nSPS) is 11.2. The highest BCUT2D eigenvalue weighted by Crippen LogP contribution is 2.47. The first kappa shape index (κ1) is 33.2. The molecule has 10 rings (SSSR count). The number of rotatable bonds is 7. The van der Waals surface area contributed by atoms with Crippen molar-refractivity contribution in [3.8, 4) is 78.1 Å². The van der Waals surface area contributed by atoms with Gasteiger partial charge in [0, 0.05) is 23.5 Å². The number of hydrogen-bond acceptors (Lipinski definition) is 2. The van der Waals surface area contributed by atoms with Gasteiger partial charge in [-0.05, 0) is 108 Å². The highest BCUT2D eigenvalue weighted by atomic mass is 14.7. The van der Waals surface area contributed by atoms with Crippen LogP contribution in [0.2, 0.25) is 0 Å². The molecular formula is C54H36N2. The minimum Gasteiger partial charge on any atom is -0.256 e. The van der Waals surface area contributed by atoms with Crippen molar-refractivity contribution < 1.29 is 0 Å². The lowest BCUT2D eigenvalue weighted by Crippen LogP contribution is -1.94. The third-order valence-electron chi connectivity index (χ3n) is 10.8. The number of hydrogen-bond donors (Lipinski definition) is 0. The van der Waals surface area contributed by atoms with E-state index >= 15 is 0 Å². The van der Waals surface area contributed by atoms with Gasteiger partial charge >= 0.3 is 0 Å². The van der Waals surface area contributed by atoms with Crippen LogP contribution in [0.4, 0.5) is 0 Å². The molecule has 0 spiro atoms. The number of nitrogens with zero attached hydrogens (tertiary/aromatic N) is 2. The average molecular weight is 713 g/mol. The van der Waals surface area contributed by atoms with E-state index in [4.69, 9.17) is 0 Å². The van der Waals surface area contributed by atoms with Crippen molar-refractivity contribution in [2.24, 2.45) is 0 Å². The summed E-state index contributed by atoms with van der Waals surface area (Å²) in [5.41, 5.74) is 16.1. The zero-order valence-corrected chi connectivity index (χ0v) is 30.7. The van der Waals surface area contributed by atoms with Gasteiger partial charge in [-0.25, -0.2) is 0 Å². The second-order valence-corrected chi connectivity index (χ2v) is 14.1. The predicted molar refractivity (Wildman–Crippen MR) is 235 cm³/mol. The van der Waals surface area contributed by atoms with Crippen LogP contribution in [-0.2, 0) is 0 Å². The van der Waals surface area contributed by atoms with Crippen LogP contribution in [0.5, 0.6) is 0 Å². The lowest BCUT2D eigenvalue weighted by Gasteiger charge is -2.21. The number of benzene rings is 8. The molecule has 0 saturated carbocycles. The molecule has 2 heterocycles. The van der Waals surface area contributed by atoms with E-state index in [2.05, 4.69) is 192 Å².